The maximum atomic E-state index is 8.91. The molecular formula is C12H18N6O2. The molecule has 2 aromatic heterocycles. The lowest BCUT2D eigenvalue weighted by Gasteiger charge is -2.28. The van der Waals surface area contributed by atoms with E-state index in [1.165, 1.54) is 0 Å². The lowest BCUT2D eigenvalue weighted by molar-refractivity contribution is 0.122. The van der Waals surface area contributed by atoms with E-state index in [1.54, 1.807) is 6.33 Å². The summed E-state index contributed by atoms with van der Waals surface area (Å²) in [5.41, 5.74) is 1.57. The Morgan fingerprint density at radius 2 is 2.15 bits per heavy atom. The Morgan fingerprint density at radius 1 is 1.35 bits per heavy atom. The maximum Gasteiger partial charge on any atom is 0.226 e. The summed E-state index contributed by atoms with van der Waals surface area (Å²) in [6.07, 6.45) is 1.74. The number of imidazole rings is 1. The first kappa shape index (κ1) is 13.1. The lowest BCUT2D eigenvalue weighted by Crippen LogP contribution is -2.37. The van der Waals surface area contributed by atoms with Crippen molar-refractivity contribution in [3.8, 4) is 0 Å². The summed E-state index contributed by atoms with van der Waals surface area (Å²) in [7, 11) is 1.90. The molecule has 1 aliphatic rings. The van der Waals surface area contributed by atoms with Gasteiger partial charge in [-0.15, -0.1) is 0 Å². The second kappa shape index (κ2) is 5.59. The molecule has 0 saturated carbocycles. The molecule has 1 aliphatic heterocycles. The standard InChI is InChI=1S/C12H18N6O2/c1-17-8-14-9-10(17)15-12(13-2-5-19)16-11(9)18-3-6-20-7-4-18/h8,19H,2-7H2,1H3,(H,13,15,16). The fraction of sp³-hybridized carbons (Fsp3) is 0.583. The highest BCUT2D eigenvalue weighted by Crippen LogP contribution is 2.24. The summed E-state index contributed by atoms with van der Waals surface area (Å²) in [6.45, 7) is 3.44. The number of aliphatic hydroxyl groups excluding tert-OH is 1. The summed E-state index contributed by atoms with van der Waals surface area (Å²) in [5.74, 6) is 1.33. The van der Waals surface area contributed by atoms with Gasteiger partial charge in [-0.3, -0.25) is 0 Å². The van der Waals surface area contributed by atoms with E-state index < -0.39 is 0 Å². The van der Waals surface area contributed by atoms with Gasteiger partial charge in [-0.05, 0) is 0 Å². The monoisotopic (exact) mass is 278 g/mol. The first-order valence-electron chi connectivity index (χ1n) is 6.66. The molecule has 20 heavy (non-hydrogen) atoms. The van der Waals surface area contributed by atoms with Crippen molar-refractivity contribution in [1.29, 1.82) is 0 Å². The molecule has 0 aliphatic carbocycles. The summed E-state index contributed by atoms with van der Waals surface area (Å²) < 4.78 is 7.24. The van der Waals surface area contributed by atoms with Crippen molar-refractivity contribution >= 4 is 22.9 Å². The van der Waals surface area contributed by atoms with E-state index in [1.807, 2.05) is 11.6 Å². The Bertz CT molecular complexity index is 593. The molecular weight excluding hydrogens is 260 g/mol. The number of hydrogen-bond acceptors (Lipinski definition) is 7. The van der Waals surface area contributed by atoms with Crippen molar-refractivity contribution < 1.29 is 9.84 Å². The largest absolute Gasteiger partial charge is 0.395 e. The van der Waals surface area contributed by atoms with Crippen LogP contribution >= 0.6 is 0 Å². The number of anilines is 2. The van der Waals surface area contributed by atoms with E-state index in [4.69, 9.17) is 9.84 Å². The lowest BCUT2D eigenvalue weighted by atomic mass is 10.3. The Morgan fingerprint density at radius 3 is 2.90 bits per heavy atom. The quantitative estimate of drug-likeness (QED) is 0.787. The van der Waals surface area contributed by atoms with Gasteiger partial charge in [0.1, 0.15) is 0 Å². The number of hydrogen-bond donors (Lipinski definition) is 2. The van der Waals surface area contributed by atoms with Crippen LogP contribution in [0.1, 0.15) is 0 Å². The van der Waals surface area contributed by atoms with Crippen LogP contribution in [0.15, 0.2) is 6.33 Å². The van der Waals surface area contributed by atoms with Crippen LogP contribution in [-0.4, -0.2) is 64.1 Å². The van der Waals surface area contributed by atoms with Crippen molar-refractivity contribution in [3.05, 3.63) is 6.33 Å². The van der Waals surface area contributed by atoms with Crippen molar-refractivity contribution in [2.24, 2.45) is 7.05 Å². The average Bonchev–Trinajstić information content (AvgIpc) is 2.87. The first-order valence-corrected chi connectivity index (χ1v) is 6.66. The molecule has 108 valence electrons. The SMILES string of the molecule is Cn1cnc2c(N3CCOCC3)nc(NCCO)nc21. The van der Waals surface area contributed by atoms with Crippen molar-refractivity contribution in [2.45, 2.75) is 0 Å². The molecule has 0 radical (unpaired) electrons. The van der Waals surface area contributed by atoms with E-state index in [9.17, 15) is 0 Å². The normalized spacial score (nSPS) is 15.8. The number of aryl methyl sites for hydroxylation is 1. The summed E-state index contributed by atoms with van der Waals surface area (Å²) in [4.78, 5) is 15.5. The first-order chi connectivity index (χ1) is 9.79. The van der Waals surface area contributed by atoms with Crippen LogP contribution in [-0.2, 0) is 11.8 Å². The third kappa shape index (κ3) is 2.39. The molecule has 0 aromatic carbocycles. The van der Waals surface area contributed by atoms with E-state index in [0.29, 0.717) is 25.7 Å². The number of nitrogens with zero attached hydrogens (tertiary/aromatic N) is 5. The van der Waals surface area contributed by atoms with Gasteiger partial charge in [0.15, 0.2) is 17.0 Å². The number of fused-ring (bicyclic) bond motifs is 1. The highest BCUT2D eigenvalue weighted by atomic mass is 16.5. The van der Waals surface area contributed by atoms with Gasteiger partial charge in [-0.2, -0.15) is 9.97 Å². The highest BCUT2D eigenvalue weighted by Gasteiger charge is 2.19. The maximum absolute atomic E-state index is 8.91. The van der Waals surface area contributed by atoms with Gasteiger partial charge in [0, 0.05) is 26.7 Å². The summed E-state index contributed by atoms with van der Waals surface area (Å²) in [6, 6.07) is 0. The zero-order valence-corrected chi connectivity index (χ0v) is 11.4. The molecule has 8 heteroatoms. The van der Waals surface area contributed by atoms with Crippen LogP contribution in [0, 0.1) is 0 Å². The average molecular weight is 278 g/mol. The van der Waals surface area contributed by atoms with Gasteiger partial charge in [0.05, 0.1) is 26.1 Å². The van der Waals surface area contributed by atoms with Gasteiger partial charge >= 0.3 is 0 Å². The minimum atomic E-state index is 0.0413. The molecule has 0 unspecified atom stereocenters. The van der Waals surface area contributed by atoms with Crippen LogP contribution in [0.2, 0.25) is 0 Å². The highest BCUT2D eigenvalue weighted by molar-refractivity contribution is 5.84. The topological polar surface area (TPSA) is 88.3 Å². The number of nitrogens with one attached hydrogen (secondary N) is 1. The number of ether oxygens (including phenoxy) is 1. The van der Waals surface area contributed by atoms with Crippen molar-refractivity contribution in [3.63, 3.8) is 0 Å². The van der Waals surface area contributed by atoms with E-state index in [2.05, 4.69) is 25.2 Å². The zero-order valence-electron chi connectivity index (χ0n) is 11.4. The van der Waals surface area contributed by atoms with Gasteiger partial charge in [-0.25, -0.2) is 4.98 Å². The predicted octanol–water partition coefficient (Wildman–Crippen LogP) is -0.396. The van der Waals surface area contributed by atoms with Gasteiger partial charge in [0.2, 0.25) is 5.95 Å². The Balaban J connectivity index is 2.02. The second-order valence-electron chi connectivity index (χ2n) is 4.65. The molecule has 3 rings (SSSR count). The number of aromatic nitrogens is 4. The van der Waals surface area contributed by atoms with Crippen LogP contribution in [0.3, 0.4) is 0 Å². The summed E-state index contributed by atoms with van der Waals surface area (Å²) in [5, 5.41) is 11.9. The van der Waals surface area contributed by atoms with Crippen LogP contribution in [0.5, 0.6) is 0 Å². The number of morpholine rings is 1. The van der Waals surface area contributed by atoms with E-state index in [-0.39, 0.29) is 6.61 Å². The minimum absolute atomic E-state index is 0.0413. The van der Waals surface area contributed by atoms with Crippen LogP contribution in [0.4, 0.5) is 11.8 Å². The fourth-order valence-electron chi connectivity index (χ4n) is 2.23. The summed E-state index contributed by atoms with van der Waals surface area (Å²) >= 11 is 0. The third-order valence-electron chi connectivity index (χ3n) is 3.25. The van der Waals surface area contributed by atoms with E-state index >= 15 is 0 Å². The van der Waals surface area contributed by atoms with Gasteiger partial charge < -0.3 is 24.6 Å². The predicted molar refractivity (Wildman–Crippen MR) is 74.9 cm³/mol. The molecule has 1 fully saturated rings. The Kier molecular flexibility index (Phi) is 3.66. The Hall–Kier alpha value is -1.93. The molecule has 8 nitrogen and oxygen atoms in total. The number of rotatable bonds is 4. The molecule has 2 aromatic rings. The molecule has 0 amide bonds. The molecule has 0 atom stereocenters. The molecule has 0 spiro atoms. The zero-order chi connectivity index (χ0) is 13.9. The van der Waals surface area contributed by atoms with Crippen LogP contribution < -0.4 is 10.2 Å². The van der Waals surface area contributed by atoms with Gasteiger partial charge in [-0.1, -0.05) is 0 Å². The molecule has 0 bridgehead atoms. The molecule has 2 N–H and O–H groups in total. The molecule has 3 heterocycles. The van der Waals surface area contributed by atoms with Gasteiger partial charge in [0.25, 0.3) is 0 Å². The van der Waals surface area contributed by atoms with Crippen molar-refractivity contribution in [2.75, 3.05) is 49.7 Å². The second-order valence-corrected chi connectivity index (χ2v) is 4.65. The van der Waals surface area contributed by atoms with E-state index in [0.717, 1.165) is 30.1 Å². The van der Waals surface area contributed by atoms with Crippen molar-refractivity contribution in [1.82, 2.24) is 19.5 Å². The molecule has 1 saturated heterocycles. The number of aliphatic hydroxyl groups is 1. The Labute approximate surface area is 116 Å². The third-order valence-corrected chi connectivity index (χ3v) is 3.25. The smallest absolute Gasteiger partial charge is 0.226 e. The fourth-order valence-corrected chi connectivity index (χ4v) is 2.23. The van der Waals surface area contributed by atoms with Crippen LogP contribution in [0.25, 0.3) is 11.2 Å². The minimum Gasteiger partial charge on any atom is -0.395 e.